The molecule has 0 unspecified atom stereocenters. The Bertz CT molecular complexity index is 1380. The molecule has 0 spiro atoms. The fourth-order valence-electron chi connectivity index (χ4n) is 5.04. The van der Waals surface area contributed by atoms with Crippen LogP contribution in [0.1, 0.15) is 36.5 Å². The minimum atomic E-state index is -0.0956. The van der Waals surface area contributed by atoms with E-state index < -0.39 is 0 Å². The predicted octanol–water partition coefficient (Wildman–Crippen LogP) is 4.94. The van der Waals surface area contributed by atoms with Crippen LogP contribution in [0.5, 0.6) is 5.75 Å². The van der Waals surface area contributed by atoms with Crippen LogP contribution in [0.4, 0.5) is 5.82 Å². The summed E-state index contributed by atoms with van der Waals surface area (Å²) in [6.45, 7) is 8.74. The number of benzene rings is 2. The lowest BCUT2D eigenvalue weighted by molar-refractivity contribution is -0.125. The van der Waals surface area contributed by atoms with Crippen LogP contribution in [0.3, 0.4) is 0 Å². The van der Waals surface area contributed by atoms with Crippen molar-refractivity contribution in [1.29, 1.82) is 0 Å². The molecular formula is C29H33N5O2. The van der Waals surface area contributed by atoms with Gasteiger partial charge in [0, 0.05) is 43.2 Å². The van der Waals surface area contributed by atoms with Crippen molar-refractivity contribution in [2.24, 2.45) is 5.92 Å². The lowest BCUT2D eigenvalue weighted by Crippen LogP contribution is -2.43. The van der Waals surface area contributed by atoms with Gasteiger partial charge in [-0.1, -0.05) is 42.0 Å². The lowest BCUT2D eigenvalue weighted by Gasteiger charge is -2.33. The Morgan fingerprint density at radius 2 is 2.03 bits per heavy atom. The summed E-state index contributed by atoms with van der Waals surface area (Å²) in [4.78, 5) is 20.1. The summed E-state index contributed by atoms with van der Waals surface area (Å²) in [5.74, 6) is 1.67. The van der Waals surface area contributed by atoms with Crippen LogP contribution in [0.2, 0.25) is 0 Å². The second kappa shape index (κ2) is 10.4. The van der Waals surface area contributed by atoms with Gasteiger partial charge in [-0.25, -0.2) is 9.50 Å². The van der Waals surface area contributed by atoms with E-state index in [1.807, 2.05) is 41.9 Å². The monoisotopic (exact) mass is 483 g/mol. The molecule has 1 amide bonds. The molecule has 1 aliphatic rings. The third-order valence-electron chi connectivity index (χ3n) is 6.84. The molecule has 2 aromatic carbocycles. The zero-order valence-corrected chi connectivity index (χ0v) is 21.2. The summed E-state index contributed by atoms with van der Waals surface area (Å²) in [5.41, 5.74) is 6.44. The topological polar surface area (TPSA) is 71.8 Å². The molecule has 0 bridgehead atoms. The van der Waals surface area contributed by atoms with E-state index in [1.165, 1.54) is 11.1 Å². The molecule has 0 radical (unpaired) electrons. The van der Waals surface area contributed by atoms with Crippen molar-refractivity contribution in [3.05, 3.63) is 77.6 Å². The van der Waals surface area contributed by atoms with Crippen LogP contribution >= 0.6 is 0 Å². The first-order chi connectivity index (χ1) is 17.5. The number of fused-ring (bicyclic) bond motifs is 1. The standard InChI is InChI=1S/C29H33N5O2/c1-4-36-27-10-6-5-8-22(27)18-31-29(35)23-9-7-14-33(19-23)28-26-17-25(32-34(26)15-13-30-28)24-12-11-20(2)16-21(24)3/h5-6,8,10-13,15-17,23H,4,7,9,14,18-19H2,1-3H3,(H,31,35)/t23-/m1/s1. The smallest absolute Gasteiger partial charge is 0.225 e. The normalized spacial score (nSPS) is 15.8. The summed E-state index contributed by atoms with van der Waals surface area (Å²) in [7, 11) is 0. The number of ether oxygens (including phenoxy) is 1. The Labute approximate surface area is 212 Å². The molecule has 1 aliphatic heterocycles. The molecule has 186 valence electrons. The summed E-state index contributed by atoms with van der Waals surface area (Å²) in [6, 6.07) is 16.4. The van der Waals surface area contributed by atoms with E-state index in [0.29, 0.717) is 19.7 Å². The minimum Gasteiger partial charge on any atom is -0.494 e. The third-order valence-corrected chi connectivity index (χ3v) is 6.84. The van der Waals surface area contributed by atoms with Crippen molar-refractivity contribution in [3.63, 3.8) is 0 Å². The van der Waals surface area contributed by atoms with Crippen LogP contribution in [0.25, 0.3) is 16.8 Å². The van der Waals surface area contributed by atoms with Crippen molar-refractivity contribution in [3.8, 4) is 17.0 Å². The molecule has 1 fully saturated rings. The molecule has 3 heterocycles. The Morgan fingerprint density at radius 3 is 2.86 bits per heavy atom. The number of rotatable bonds is 7. The van der Waals surface area contributed by atoms with Gasteiger partial charge in [-0.15, -0.1) is 0 Å². The number of carbonyl (C=O) groups is 1. The summed E-state index contributed by atoms with van der Waals surface area (Å²) < 4.78 is 7.60. The highest BCUT2D eigenvalue weighted by atomic mass is 16.5. The number of amides is 1. The van der Waals surface area contributed by atoms with Gasteiger partial charge in [0.25, 0.3) is 0 Å². The van der Waals surface area contributed by atoms with Gasteiger partial charge in [-0.3, -0.25) is 4.79 Å². The van der Waals surface area contributed by atoms with E-state index in [-0.39, 0.29) is 11.8 Å². The molecule has 1 saturated heterocycles. The molecule has 0 saturated carbocycles. The lowest BCUT2D eigenvalue weighted by atomic mass is 9.97. The summed E-state index contributed by atoms with van der Waals surface area (Å²) in [6.07, 6.45) is 5.48. The average Bonchev–Trinajstić information content (AvgIpc) is 3.32. The first-order valence-electron chi connectivity index (χ1n) is 12.7. The van der Waals surface area contributed by atoms with E-state index in [4.69, 9.17) is 14.8 Å². The fraction of sp³-hybridized carbons (Fsp3) is 0.345. The molecule has 7 nitrogen and oxygen atoms in total. The van der Waals surface area contributed by atoms with Crippen molar-refractivity contribution < 1.29 is 9.53 Å². The van der Waals surface area contributed by atoms with Gasteiger partial charge in [0.05, 0.1) is 18.2 Å². The Kier molecular flexibility index (Phi) is 6.89. The molecule has 1 atom stereocenters. The van der Waals surface area contributed by atoms with Crippen LogP contribution in [-0.4, -0.2) is 40.2 Å². The molecule has 1 N–H and O–H groups in total. The number of nitrogens with one attached hydrogen (secondary N) is 1. The summed E-state index contributed by atoms with van der Waals surface area (Å²) in [5, 5.41) is 7.96. The van der Waals surface area contributed by atoms with E-state index in [1.54, 1.807) is 6.20 Å². The molecule has 5 rings (SSSR count). The number of nitrogens with zero attached hydrogens (tertiary/aromatic N) is 4. The second-order valence-electron chi connectivity index (χ2n) is 9.47. The number of aryl methyl sites for hydroxylation is 2. The quantitative estimate of drug-likeness (QED) is 0.403. The Hall–Kier alpha value is -3.87. The maximum Gasteiger partial charge on any atom is 0.225 e. The van der Waals surface area contributed by atoms with Gasteiger partial charge in [-0.05, 0) is 51.3 Å². The Balaban J connectivity index is 1.33. The molecular weight excluding hydrogens is 450 g/mol. The van der Waals surface area contributed by atoms with Crippen molar-refractivity contribution in [1.82, 2.24) is 19.9 Å². The number of hydrogen-bond acceptors (Lipinski definition) is 5. The van der Waals surface area contributed by atoms with E-state index in [0.717, 1.165) is 53.3 Å². The maximum absolute atomic E-state index is 13.1. The molecule has 0 aliphatic carbocycles. The highest BCUT2D eigenvalue weighted by molar-refractivity contribution is 5.81. The van der Waals surface area contributed by atoms with E-state index >= 15 is 0 Å². The fourth-order valence-corrected chi connectivity index (χ4v) is 5.04. The zero-order chi connectivity index (χ0) is 25.1. The minimum absolute atomic E-state index is 0.0717. The van der Waals surface area contributed by atoms with Gasteiger partial charge in [0.15, 0.2) is 5.82 Å². The number of para-hydroxylation sites is 1. The largest absolute Gasteiger partial charge is 0.494 e. The van der Waals surface area contributed by atoms with Crippen LogP contribution in [0, 0.1) is 19.8 Å². The maximum atomic E-state index is 13.1. The van der Waals surface area contributed by atoms with Gasteiger partial charge >= 0.3 is 0 Å². The average molecular weight is 484 g/mol. The highest BCUT2D eigenvalue weighted by Gasteiger charge is 2.28. The first kappa shape index (κ1) is 23.9. The van der Waals surface area contributed by atoms with Gasteiger partial charge in [0.2, 0.25) is 5.91 Å². The van der Waals surface area contributed by atoms with Crippen molar-refractivity contribution >= 4 is 17.2 Å². The van der Waals surface area contributed by atoms with Crippen LogP contribution in [-0.2, 0) is 11.3 Å². The van der Waals surface area contributed by atoms with Crippen LogP contribution < -0.4 is 15.0 Å². The number of anilines is 1. The molecule has 36 heavy (non-hydrogen) atoms. The van der Waals surface area contributed by atoms with Gasteiger partial charge < -0.3 is 15.0 Å². The number of aromatic nitrogens is 3. The predicted molar refractivity (Wildman–Crippen MR) is 142 cm³/mol. The highest BCUT2D eigenvalue weighted by Crippen LogP contribution is 2.30. The Morgan fingerprint density at radius 1 is 1.17 bits per heavy atom. The van der Waals surface area contributed by atoms with Crippen molar-refractivity contribution in [2.75, 3.05) is 24.6 Å². The van der Waals surface area contributed by atoms with Gasteiger partial charge in [-0.2, -0.15) is 5.10 Å². The second-order valence-corrected chi connectivity index (χ2v) is 9.47. The van der Waals surface area contributed by atoms with Gasteiger partial charge in [0.1, 0.15) is 11.3 Å². The first-order valence-corrected chi connectivity index (χ1v) is 12.7. The number of carbonyl (C=O) groups excluding carboxylic acids is 1. The van der Waals surface area contributed by atoms with Crippen molar-refractivity contribution in [2.45, 2.75) is 40.2 Å². The van der Waals surface area contributed by atoms with E-state index in [9.17, 15) is 4.79 Å². The third kappa shape index (κ3) is 4.91. The van der Waals surface area contributed by atoms with E-state index in [2.05, 4.69) is 48.3 Å². The molecule has 7 heteroatoms. The molecule has 2 aromatic heterocycles. The SMILES string of the molecule is CCOc1ccccc1CNC(=O)[C@@H]1CCCN(c2nccn3nc(-c4ccc(C)cc4C)cc23)C1. The molecule has 4 aromatic rings. The summed E-state index contributed by atoms with van der Waals surface area (Å²) >= 11 is 0. The number of piperidine rings is 1. The number of hydrogen-bond donors (Lipinski definition) is 1. The zero-order valence-electron chi connectivity index (χ0n) is 21.2. The van der Waals surface area contributed by atoms with Crippen LogP contribution in [0.15, 0.2) is 60.9 Å².